The van der Waals surface area contributed by atoms with Crippen molar-refractivity contribution < 1.29 is 14.3 Å². The zero-order chi connectivity index (χ0) is 16.6. The SMILES string of the molecule is CC(C)(CO)CCCNC(=O)NCCc1c(F)cccc1Cl. The highest BCUT2D eigenvalue weighted by molar-refractivity contribution is 6.31. The molecule has 0 radical (unpaired) electrons. The van der Waals surface area contributed by atoms with Crippen molar-refractivity contribution in [3.8, 4) is 0 Å². The van der Waals surface area contributed by atoms with Crippen LogP contribution in [0.2, 0.25) is 5.02 Å². The molecule has 1 rings (SSSR count). The van der Waals surface area contributed by atoms with E-state index in [2.05, 4.69) is 10.6 Å². The van der Waals surface area contributed by atoms with Crippen LogP contribution in [-0.4, -0.2) is 30.8 Å². The molecule has 1 aromatic rings. The van der Waals surface area contributed by atoms with Crippen LogP contribution in [-0.2, 0) is 6.42 Å². The molecule has 0 aliphatic carbocycles. The number of amides is 2. The first-order chi connectivity index (χ1) is 10.4. The molecule has 3 N–H and O–H groups in total. The summed E-state index contributed by atoms with van der Waals surface area (Å²) >= 11 is 5.91. The molecule has 22 heavy (non-hydrogen) atoms. The third-order valence-corrected chi connectivity index (χ3v) is 3.82. The van der Waals surface area contributed by atoms with Crippen molar-refractivity contribution >= 4 is 17.6 Å². The van der Waals surface area contributed by atoms with Crippen molar-refractivity contribution in [2.24, 2.45) is 5.41 Å². The van der Waals surface area contributed by atoms with Crippen molar-refractivity contribution in [1.29, 1.82) is 0 Å². The molecule has 0 saturated heterocycles. The maximum Gasteiger partial charge on any atom is 0.314 e. The summed E-state index contributed by atoms with van der Waals surface area (Å²) in [7, 11) is 0. The molecule has 0 unspecified atom stereocenters. The fourth-order valence-corrected chi connectivity index (χ4v) is 2.24. The van der Waals surface area contributed by atoms with Crippen molar-refractivity contribution in [1.82, 2.24) is 10.6 Å². The number of carbonyl (C=O) groups excluding carboxylic acids is 1. The zero-order valence-electron chi connectivity index (χ0n) is 13.1. The summed E-state index contributed by atoms with van der Waals surface area (Å²) in [6, 6.07) is 4.25. The average Bonchev–Trinajstić information content (AvgIpc) is 2.47. The minimum Gasteiger partial charge on any atom is -0.396 e. The molecule has 0 heterocycles. The van der Waals surface area contributed by atoms with E-state index in [1.807, 2.05) is 13.8 Å². The van der Waals surface area contributed by atoms with Gasteiger partial charge in [-0.25, -0.2) is 9.18 Å². The highest BCUT2D eigenvalue weighted by Gasteiger charge is 2.15. The van der Waals surface area contributed by atoms with E-state index in [0.29, 0.717) is 30.1 Å². The lowest BCUT2D eigenvalue weighted by Crippen LogP contribution is -2.37. The third-order valence-electron chi connectivity index (χ3n) is 3.47. The number of hydrogen-bond donors (Lipinski definition) is 3. The first-order valence-corrected chi connectivity index (χ1v) is 7.79. The summed E-state index contributed by atoms with van der Waals surface area (Å²) in [4.78, 5) is 11.6. The van der Waals surface area contributed by atoms with E-state index in [9.17, 15) is 9.18 Å². The molecular formula is C16H24ClFN2O2. The van der Waals surface area contributed by atoms with Crippen molar-refractivity contribution in [3.05, 3.63) is 34.6 Å². The first-order valence-electron chi connectivity index (χ1n) is 7.41. The van der Waals surface area contributed by atoms with Gasteiger partial charge in [0.1, 0.15) is 5.82 Å². The van der Waals surface area contributed by atoms with Gasteiger partial charge < -0.3 is 15.7 Å². The Morgan fingerprint density at radius 1 is 1.32 bits per heavy atom. The van der Waals surface area contributed by atoms with Crippen molar-refractivity contribution in [2.45, 2.75) is 33.1 Å². The topological polar surface area (TPSA) is 61.4 Å². The summed E-state index contributed by atoms with van der Waals surface area (Å²) in [5.74, 6) is -0.360. The molecule has 0 aromatic heterocycles. The number of carbonyl (C=O) groups is 1. The standard InChI is InChI=1S/C16H24ClFN2O2/c1-16(2,11-21)8-4-9-19-15(22)20-10-7-12-13(17)5-3-6-14(12)18/h3,5-6,21H,4,7-11H2,1-2H3,(H2,19,20,22). The van der Waals surface area contributed by atoms with E-state index in [1.54, 1.807) is 12.1 Å². The highest BCUT2D eigenvalue weighted by Crippen LogP contribution is 2.20. The maximum atomic E-state index is 13.5. The quantitative estimate of drug-likeness (QED) is 0.641. The zero-order valence-corrected chi connectivity index (χ0v) is 13.8. The number of aliphatic hydroxyl groups is 1. The fourth-order valence-electron chi connectivity index (χ4n) is 1.98. The van der Waals surface area contributed by atoms with Crippen LogP contribution >= 0.6 is 11.6 Å². The smallest absolute Gasteiger partial charge is 0.314 e. The van der Waals surface area contributed by atoms with Gasteiger partial charge in [-0.2, -0.15) is 0 Å². The average molecular weight is 331 g/mol. The Morgan fingerprint density at radius 2 is 2.00 bits per heavy atom. The van der Waals surface area contributed by atoms with E-state index in [0.717, 1.165) is 12.8 Å². The van der Waals surface area contributed by atoms with Gasteiger partial charge in [0.25, 0.3) is 0 Å². The molecule has 6 heteroatoms. The van der Waals surface area contributed by atoms with Crippen LogP contribution < -0.4 is 10.6 Å². The normalized spacial score (nSPS) is 11.3. The molecule has 1 aromatic carbocycles. The Kier molecular flexibility index (Phi) is 7.62. The van der Waals surface area contributed by atoms with E-state index < -0.39 is 0 Å². The lowest BCUT2D eigenvalue weighted by Gasteiger charge is -2.21. The Morgan fingerprint density at radius 3 is 2.64 bits per heavy atom. The third kappa shape index (κ3) is 6.62. The van der Waals surface area contributed by atoms with E-state index in [4.69, 9.17) is 16.7 Å². The fraction of sp³-hybridized carbons (Fsp3) is 0.562. The van der Waals surface area contributed by atoms with Crippen LogP contribution in [0, 0.1) is 11.2 Å². The minimum absolute atomic E-state index is 0.125. The second kappa shape index (κ2) is 8.96. The highest BCUT2D eigenvalue weighted by atomic mass is 35.5. The van der Waals surface area contributed by atoms with Crippen LogP contribution in [0.1, 0.15) is 32.3 Å². The molecule has 0 bridgehead atoms. The lowest BCUT2D eigenvalue weighted by molar-refractivity contribution is 0.148. The van der Waals surface area contributed by atoms with Gasteiger partial charge in [0.05, 0.1) is 0 Å². The van der Waals surface area contributed by atoms with Crippen LogP contribution in [0.3, 0.4) is 0 Å². The monoisotopic (exact) mass is 330 g/mol. The number of halogens is 2. The van der Waals surface area contributed by atoms with Gasteiger partial charge in [-0.15, -0.1) is 0 Å². The van der Waals surface area contributed by atoms with Gasteiger partial charge in [0.15, 0.2) is 0 Å². The van der Waals surface area contributed by atoms with Gasteiger partial charge in [-0.3, -0.25) is 0 Å². The molecule has 0 aliphatic rings. The number of urea groups is 1. The van der Waals surface area contributed by atoms with Crippen LogP contribution in [0.25, 0.3) is 0 Å². The summed E-state index contributed by atoms with van der Waals surface area (Å²) < 4.78 is 13.5. The molecular weight excluding hydrogens is 307 g/mol. The van der Waals surface area contributed by atoms with Gasteiger partial charge >= 0.3 is 6.03 Å². The van der Waals surface area contributed by atoms with E-state index >= 15 is 0 Å². The van der Waals surface area contributed by atoms with Gasteiger partial charge in [0, 0.05) is 30.3 Å². The molecule has 0 aliphatic heterocycles. The van der Waals surface area contributed by atoms with E-state index in [1.165, 1.54) is 6.07 Å². The van der Waals surface area contributed by atoms with Crippen molar-refractivity contribution in [3.63, 3.8) is 0 Å². The number of hydrogen-bond acceptors (Lipinski definition) is 2. The summed E-state index contributed by atoms with van der Waals surface area (Å²) in [6.07, 6.45) is 1.96. The van der Waals surface area contributed by atoms with Crippen LogP contribution in [0.5, 0.6) is 0 Å². The molecule has 0 atom stereocenters. The van der Waals surface area contributed by atoms with Gasteiger partial charge in [0.2, 0.25) is 0 Å². The molecule has 124 valence electrons. The predicted molar refractivity (Wildman–Crippen MR) is 86.6 cm³/mol. The summed E-state index contributed by atoms with van der Waals surface area (Å²) in [6.45, 7) is 4.93. The first kappa shape index (κ1) is 18.7. The molecule has 0 saturated carbocycles. The summed E-state index contributed by atoms with van der Waals surface area (Å²) in [5.41, 5.74) is 0.286. The maximum absolute atomic E-state index is 13.5. The second-order valence-corrected chi connectivity index (χ2v) is 6.47. The molecule has 2 amide bonds. The molecule has 0 fully saturated rings. The minimum atomic E-state index is -0.360. The van der Waals surface area contributed by atoms with Gasteiger partial charge in [-0.1, -0.05) is 31.5 Å². The summed E-state index contributed by atoms with van der Waals surface area (Å²) in [5, 5.41) is 14.9. The number of rotatable bonds is 8. The number of benzene rings is 1. The number of nitrogens with one attached hydrogen (secondary N) is 2. The second-order valence-electron chi connectivity index (χ2n) is 6.06. The van der Waals surface area contributed by atoms with E-state index in [-0.39, 0.29) is 23.9 Å². The predicted octanol–water partition coefficient (Wildman–Crippen LogP) is 3.12. The largest absolute Gasteiger partial charge is 0.396 e. The Balaban J connectivity index is 2.21. The van der Waals surface area contributed by atoms with Crippen molar-refractivity contribution in [2.75, 3.05) is 19.7 Å². The molecule has 4 nitrogen and oxygen atoms in total. The van der Waals surface area contributed by atoms with Crippen LogP contribution in [0.4, 0.5) is 9.18 Å². The van der Waals surface area contributed by atoms with Crippen LogP contribution in [0.15, 0.2) is 18.2 Å². The Hall–Kier alpha value is -1.33. The van der Waals surface area contributed by atoms with Gasteiger partial charge in [-0.05, 0) is 36.8 Å². The number of aliphatic hydroxyl groups excluding tert-OH is 1. The molecule has 0 spiro atoms. The Bertz CT molecular complexity index is 475. The lowest BCUT2D eigenvalue weighted by atomic mass is 9.89. The Labute approximate surface area is 136 Å².